The molecule has 1 rings (SSSR count). The SMILES string of the molecule is CC(C)C(N)C(=O)O.CCCNC(CCO)C(=O)O.NC(=O)CC(N)C(=O)O.NC(=O)CCC(N)C(=O)O.NC(Cc1c[nH]cn1)C(=O)O. The zero-order valence-corrected chi connectivity index (χ0v) is 27.7. The van der Waals surface area contributed by atoms with E-state index in [1.807, 2.05) is 6.92 Å². The van der Waals surface area contributed by atoms with Gasteiger partial charge in [0.05, 0.1) is 18.4 Å². The molecule has 0 aliphatic rings. The molecule has 22 nitrogen and oxygen atoms in total. The number of aliphatic hydroxyl groups is 1. The lowest BCUT2D eigenvalue weighted by molar-refractivity contribution is -0.140. The van der Waals surface area contributed by atoms with Crippen LogP contribution in [0.4, 0.5) is 0 Å². The van der Waals surface area contributed by atoms with Crippen LogP contribution in [0.1, 0.15) is 58.6 Å². The van der Waals surface area contributed by atoms with E-state index < -0.39 is 71.9 Å². The summed E-state index contributed by atoms with van der Waals surface area (Å²) in [7, 11) is 0. The molecule has 2 amide bonds. The molecule has 0 spiro atoms. The Hall–Kier alpha value is -4.74. The first-order valence-electron chi connectivity index (χ1n) is 14.6. The number of carboxylic acids is 5. The van der Waals surface area contributed by atoms with Gasteiger partial charge < -0.3 is 75.3 Å². The lowest BCUT2D eigenvalue weighted by Gasteiger charge is -2.11. The van der Waals surface area contributed by atoms with Gasteiger partial charge in [0.2, 0.25) is 11.8 Å². The first-order chi connectivity index (χ1) is 22.5. The third kappa shape index (κ3) is 34.4. The van der Waals surface area contributed by atoms with Gasteiger partial charge in [-0.25, -0.2) is 4.98 Å². The minimum Gasteiger partial charge on any atom is -0.480 e. The van der Waals surface area contributed by atoms with Crippen LogP contribution in [-0.4, -0.2) is 126 Å². The number of aromatic nitrogens is 2. The fraction of sp³-hybridized carbons (Fsp3) is 0.630. The molecule has 22 heteroatoms. The van der Waals surface area contributed by atoms with Crippen molar-refractivity contribution >= 4 is 41.7 Å². The van der Waals surface area contributed by atoms with E-state index in [-0.39, 0.29) is 44.6 Å². The molecule has 0 aromatic carbocycles. The minimum absolute atomic E-state index is 0.0208. The molecule has 0 aliphatic carbocycles. The van der Waals surface area contributed by atoms with Crippen LogP contribution in [0.15, 0.2) is 12.5 Å². The highest BCUT2D eigenvalue weighted by Crippen LogP contribution is 1.97. The topological polar surface area (TPSA) is 438 Å². The van der Waals surface area contributed by atoms with Gasteiger partial charge in [-0.05, 0) is 31.7 Å². The summed E-state index contributed by atoms with van der Waals surface area (Å²) in [5.41, 5.74) is 30.5. The maximum atomic E-state index is 10.4. The molecule has 5 atom stereocenters. The normalized spacial score (nSPS) is 12.9. The summed E-state index contributed by atoms with van der Waals surface area (Å²) in [5, 5.41) is 52.8. The zero-order valence-electron chi connectivity index (χ0n) is 27.7. The van der Waals surface area contributed by atoms with Gasteiger partial charge in [0.15, 0.2) is 0 Å². The van der Waals surface area contributed by atoms with Crippen molar-refractivity contribution in [2.24, 2.45) is 40.3 Å². The lowest BCUT2D eigenvalue weighted by atomic mass is 10.1. The van der Waals surface area contributed by atoms with Crippen LogP contribution in [0.3, 0.4) is 0 Å². The molecule has 0 aliphatic heterocycles. The number of primary amides is 2. The van der Waals surface area contributed by atoms with Crippen LogP contribution in [0.5, 0.6) is 0 Å². The molecule has 0 radical (unpaired) electrons. The molecular weight excluding hydrogens is 658 g/mol. The number of imidazole rings is 1. The van der Waals surface area contributed by atoms with Gasteiger partial charge in [0.1, 0.15) is 30.2 Å². The smallest absolute Gasteiger partial charge is 0.321 e. The molecule has 0 bridgehead atoms. The van der Waals surface area contributed by atoms with Crippen molar-refractivity contribution in [2.45, 2.75) is 89.5 Å². The second kappa shape index (κ2) is 30.6. The molecule has 1 heterocycles. The number of amides is 2. The fourth-order valence-corrected chi connectivity index (χ4v) is 2.49. The fourth-order valence-electron chi connectivity index (χ4n) is 2.49. The monoisotopic (exact) mass is 711 g/mol. The van der Waals surface area contributed by atoms with Crippen molar-refractivity contribution in [3.05, 3.63) is 18.2 Å². The summed E-state index contributed by atoms with van der Waals surface area (Å²) in [5.74, 6) is -6.37. The standard InChI is InChI=1S/C7H15NO3.C6H9N3O2.C5H10N2O3.C5H11NO2.C4H8N2O3/c1-2-4-8-6(3-5-9)7(10)11;7-5(6(10)11)1-4-2-8-3-9-4;6-3(5(9)10)1-2-4(7)8;1-3(2)4(6)5(7)8;5-2(4(8)9)1-3(6)7/h6,8-9H,2-5H2,1H3,(H,10,11);2-3,5H,1,7H2,(H,8,9)(H,10,11);3H,1-2,6H2,(H2,7,8)(H,9,10);3-4H,6H2,1-2H3,(H,7,8);2H,1,5H2,(H2,6,7)(H,8,9). The van der Waals surface area contributed by atoms with Crippen molar-refractivity contribution in [1.82, 2.24) is 15.3 Å². The van der Waals surface area contributed by atoms with E-state index in [1.54, 1.807) is 20.0 Å². The van der Waals surface area contributed by atoms with Crippen LogP contribution in [0, 0.1) is 5.92 Å². The number of rotatable bonds is 18. The Morgan fingerprint density at radius 3 is 1.55 bits per heavy atom. The van der Waals surface area contributed by atoms with E-state index in [0.29, 0.717) is 12.2 Å². The number of nitrogens with one attached hydrogen (secondary N) is 2. The summed E-state index contributed by atoms with van der Waals surface area (Å²) in [6, 6.07) is -4.32. The second-order valence-corrected chi connectivity index (χ2v) is 10.2. The predicted octanol–water partition coefficient (Wildman–Crippen LogP) is -3.82. The third-order valence-electron chi connectivity index (χ3n) is 5.42. The highest BCUT2D eigenvalue weighted by atomic mass is 16.4. The number of nitrogens with zero attached hydrogens (tertiary/aromatic N) is 1. The van der Waals surface area contributed by atoms with Gasteiger partial charge in [0, 0.05) is 25.6 Å². The molecule has 5 unspecified atom stereocenters. The number of hydrogen-bond donors (Lipinski definition) is 14. The summed E-state index contributed by atoms with van der Waals surface area (Å²) < 4.78 is 0. The van der Waals surface area contributed by atoms with Crippen LogP contribution in [0.2, 0.25) is 0 Å². The zero-order chi connectivity index (χ0) is 39.3. The Kier molecular flexibility index (Phi) is 31.9. The van der Waals surface area contributed by atoms with E-state index >= 15 is 0 Å². The number of aromatic amines is 1. The van der Waals surface area contributed by atoms with Crippen molar-refractivity contribution in [2.75, 3.05) is 13.2 Å². The quantitative estimate of drug-likeness (QED) is 0.0693. The summed E-state index contributed by atoms with van der Waals surface area (Å²) in [6.07, 6.45) is 4.36. The number of aliphatic carboxylic acids is 5. The van der Waals surface area contributed by atoms with E-state index in [9.17, 15) is 33.6 Å². The van der Waals surface area contributed by atoms with Crippen molar-refractivity contribution in [1.29, 1.82) is 0 Å². The molecule has 1 aromatic heterocycles. The number of carbonyl (C=O) groups is 7. The maximum absolute atomic E-state index is 10.4. The van der Waals surface area contributed by atoms with Crippen LogP contribution >= 0.6 is 0 Å². The molecular formula is C27H53N9O13. The summed E-state index contributed by atoms with van der Waals surface area (Å²) >= 11 is 0. The largest absolute Gasteiger partial charge is 0.480 e. The minimum atomic E-state index is -1.21. The molecule has 284 valence electrons. The van der Waals surface area contributed by atoms with Crippen LogP contribution in [0.25, 0.3) is 0 Å². The number of aliphatic hydroxyl groups excluding tert-OH is 1. The molecule has 0 saturated carbocycles. The van der Waals surface area contributed by atoms with Gasteiger partial charge in [-0.2, -0.15) is 0 Å². The number of carbonyl (C=O) groups excluding carboxylic acids is 2. The Bertz CT molecular complexity index is 1110. The maximum Gasteiger partial charge on any atom is 0.321 e. The second-order valence-electron chi connectivity index (χ2n) is 10.2. The van der Waals surface area contributed by atoms with E-state index in [4.69, 9.17) is 59.3 Å². The van der Waals surface area contributed by atoms with Gasteiger partial charge >= 0.3 is 29.8 Å². The van der Waals surface area contributed by atoms with Gasteiger partial charge in [0.25, 0.3) is 0 Å². The van der Waals surface area contributed by atoms with E-state index in [0.717, 1.165) is 6.42 Å². The van der Waals surface area contributed by atoms with Crippen LogP contribution < -0.4 is 39.7 Å². The number of hydrogen-bond acceptors (Lipinski definition) is 14. The third-order valence-corrected chi connectivity index (χ3v) is 5.42. The number of nitrogens with two attached hydrogens (primary N) is 6. The van der Waals surface area contributed by atoms with Gasteiger partial charge in [-0.3, -0.25) is 33.6 Å². The molecule has 20 N–H and O–H groups in total. The Labute approximate surface area is 282 Å². The van der Waals surface area contributed by atoms with Crippen molar-refractivity contribution in [3.8, 4) is 0 Å². The van der Waals surface area contributed by atoms with Crippen molar-refractivity contribution < 1.29 is 64.2 Å². The number of carboxylic acid groups (broad SMARTS) is 5. The average Bonchev–Trinajstić information content (AvgIpc) is 3.51. The molecule has 0 fully saturated rings. The van der Waals surface area contributed by atoms with Gasteiger partial charge in [-0.1, -0.05) is 20.8 Å². The highest BCUT2D eigenvalue weighted by Gasteiger charge is 2.16. The molecule has 0 saturated heterocycles. The first kappa shape index (κ1) is 51.1. The molecule has 49 heavy (non-hydrogen) atoms. The lowest BCUT2D eigenvalue weighted by Crippen LogP contribution is -2.37. The predicted molar refractivity (Wildman–Crippen MR) is 173 cm³/mol. The summed E-state index contributed by atoms with van der Waals surface area (Å²) in [4.78, 5) is 77.3. The Morgan fingerprint density at radius 1 is 0.776 bits per heavy atom. The van der Waals surface area contributed by atoms with Crippen molar-refractivity contribution in [3.63, 3.8) is 0 Å². The molecule has 1 aromatic rings. The van der Waals surface area contributed by atoms with Gasteiger partial charge in [-0.15, -0.1) is 0 Å². The Morgan fingerprint density at radius 2 is 1.29 bits per heavy atom. The number of H-pyrrole nitrogens is 1. The van der Waals surface area contributed by atoms with E-state index in [1.165, 1.54) is 6.33 Å². The highest BCUT2D eigenvalue weighted by molar-refractivity contribution is 5.83. The van der Waals surface area contributed by atoms with E-state index in [2.05, 4.69) is 21.0 Å². The first-order valence-corrected chi connectivity index (χ1v) is 14.6. The van der Waals surface area contributed by atoms with Crippen LogP contribution in [-0.2, 0) is 40.0 Å². The Balaban J connectivity index is -0.000000260. The average molecular weight is 712 g/mol. The summed E-state index contributed by atoms with van der Waals surface area (Å²) in [6.45, 7) is 6.10.